The Morgan fingerprint density at radius 3 is 2.56 bits per heavy atom. The first-order valence-corrected chi connectivity index (χ1v) is 5.63. The molecule has 0 radical (unpaired) electrons. The van der Waals surface area contributed by atoms with Gasteiger partial charge in [-0.2, -0.15) is 12.6 Å². The van der Waals surface area contributed by atoms with E-state index in [-0.39, 0.29) is 17.0 Å². The zero-order valence-electron chi connectivity index (χ0n) is 8.27. The predicted molar refractivity (Wildman–Crippen MR) is 62.5 cm³/mol. The molecule has 6 heteroatoms. The number of halogens is 2. The van der Waals surface area contributed by atoms with Gasteiger partial charge in [-0.25, -0.2) is 4.39 Å². The van der Waals surface area contributed by atoms with E-state index in [2.05, 4.69) is 12.6 Å². The van der Waals surface area contributed by atoms with Crippen LogP contribution in [0.25, 0.3) is 0 Å². The van der Waals surface area contributed by atoms with E-state index < -0.39 is 23.8 Å². The molecule has 0 aliphatic rings. The van der Waals surface area contributed by atoms with Crippen molar-refractivity contribution >= 4 is 24.2 Å². The van der Waals surface area contributed by atoms with E-state index in [0.29, 0.717) is 5.75 Å². The number of aliphatic hydroxyl groups excluding tert-OH is 2. The van der Waals surface area contributed by atoms with Crippen molar-refractivity contribution in [3.8, 4) is 5.75 Å². The first-order chi connectivity index (χ1) is 7.47. The van der Waals surface area contributed by atoms with E-state index in [1.165, 1.54) is 6.07 Å². The smallest absolute Gasteiger partial charge is 0.166 e. The Morgan fingerprint density at radius 1 is 1.38 bits per heavy atom. The zero-order valence-corrected chi connectivity index (χ0v) is 9.92. The minimum absolute atomic E-state index is 0.0439. The molecule has 2 atom stereocenters. The van der Waals surface area contributed by atoms with Gasteiger partial charge >= 0.3 is 0 Å². The van der Waals surface area contributed by atoms with Crippen LogP contribution in [0.15, 0.2) is 12.1 Å². The molecule has 1 aromatic rings. The Kier molecular flexibility index (Phi) is 4.86. The number of aromatic hydroxyl groups is 1. The molecule has 1 rings (SSSR count). The largest absolute Gasteiger partial charge is 0.505 e. The van der Waals surface area contributed by atoms with Crippen molar-refractivity contribution in [1.82, 2.24) is 0 Å². The van der Waals surface area contributed by atoms with Gasteiger partial charge in [-0.1, -0.05) is 11.6 Å². The fourth-order valence-corrected chi connectivity index (χ4v) is 1.79. The minimum Gasteiger partial charge on any atom is -0.505 e. The highest BCUT2D eigenvalue weighted by Gasteiger charge is 2.23. The maximum atomic E-state index is 13.1. The second-order valence-corrected chi connectivity index (χ2v) is 4.23. The molecule has 16 heavy (non-hydrogen) atoms. The summed E-state index contributed by atoms with van der Waals surface area (Å²) in [5.41, 5.74) is -0.126. The Bertz CT molecular complexity index is 375. The van der Waals surface area contributed by atoms with E-state index >= 15 is 0 Å². The molecule has 0 heterocycles. The Labute approximate surface area is 103 Å². The SMILES string of the molecule is Oc1c(F)cc(Cl)cc1C(O)C(O)CCS. The Morgan fingerprint density at radius 2 is 2.00 bits per heavy atom. The van der Waals surface area contributed by atoms with Gasteiger partial charge in [0, 0.05) is 10.6 Å². The molecule has 0 aliphatic carbocycles. The third-order valence-corrected chi connectivity index (χ3v) is 2.64. The van der Waals surface area contributed by atoms with Gasteiger partial charge in [0.2, 0.25) is 0 Å². The topological polar surface area (TPSA) is 60.7 Å². The number of thiol groups is 1. The van der Waals surface area contributed by atoms with Crippen LogP contribution in [0.3, 0.4) is 0 Å². The minimum atomic E-state index is -1.39. The lowest BCUT2D eigenvalue weighted by atomic mass is 10.0. The summed E-state index contributed by atoms with van der Waals surface area (Å²) in [6.45, 7) is 0. The first-order valence-electron chi connectivity index (χ1n) is 4.62. The van der Waals surface area contributed by atoms with E-state index in [1.54, 1.807) is 0 Å². The summed E-state index contributed by atoms with van der Waals surface area (Å²) in [4.78, 5) is 0. The van der Waals surface area contributed by atoms with Crippen molar-refractivity contribution in [2.45, 2.75) is 18.6 Å². The lowest BCUT2D eigenvalue weighted by Gasteiger charge is -2.18. The second kappa shape index (κ2) is 5.72. The molecule has 2 unspecified atom stereocenters. The Balaban J connectivity index is 3.03. The molecular weight excluding hydrogens is 255 g/mol. The zero-order chi connectivity index (χ0) is 12.3. The van der Waals surface area contributed by atoms with Gasteiger partial charge in [0.1, 0.15) is 6.10 Å². The molecule has 0 saturated carbocycles. The number of hydrogen-bond donors (Lipinski definition) is 4. The molecule has 0 aliphatic heterocycles. The van der Waals surface area contributed by atoms with Gasteiger partial charge in [-0.15, -0.1) is 0 Å². The fourth-order valence-electron chi connectivity index (χ4n) is 1.31. The van der Waals surface area contributed by atoms with Crippen LogP contribution in [0.2, 0.25) is 5.02 Å². The lowest BCUT2D eigenvalue weighted by Crippen LogP contribution is -2.19. The molecule has 3 nitrogen and oxygen atoms in total. The number of phenolic OH excluding ortho intramolecular Hbond substituents is 1. The molecule has 0 saturated heterocycles. The molecule has 1 aromatic carbocycles. The van der Waals surface area contributed by atoms with Crippen LogP contribution in [-0.4, -0.2) is 27.2 Å². The summed E-state index contributed by atoms with van der Waals surface area (Å²) in [6, 6.07) is 2.14. The van der Waals surface area contributed by atoms with Crippen LogP contribution in [0, 0.1) is 5.82 Å². The first kappa shape index (κ1) is 13.6. The summed E-state index contributed by atoms with van der Waals surface area (Å²) >= 11 is 9.49. The lowest BCUT2D eigenvalue weighted by molar-refractivity contribution is 0.0156. The Hall–Kier alpha value is -0.490. The average Bonchev–Trinajstić information content (AvgIpc) is 2.22. The maximum absolute atomic E-state index is 13.1. The third-order valence-electron chi connectivity index (χ3n) is 2.17. The van der Waals surface area contributed by atoms with Crippen LogP contribution in [-0.2, 0) is 0 Å². The number of phenols is 1. The van der Waals surface area contributed by atoms with Crippen LogP contribution in [0.4, 0.5) is 4.39 Å². The summed E-state index contributed by atoms with van der Waals surface area (Å²) in [7, 11) is 0. The number of benzene rings is 1. The van der Waals surface area contributed by atoms with Crippen LogP contribution in [0.1, 0.15) is 18.1 Å². The van der Waals surface area contributed by atoms with Gasteiger partial charge in [0.05, 0.1) is 6.10 Å². The van der Waals surface area contributed by atoms with Gasteiger partial charge in [0.25, 0.3) is 0 Å². The van der Waals surface area contributed by atoms with Crippen LogP contribution in [0.5, 0.6) is 5.75 Å². The molecule has 0 bridgehead atoms. The molecule has 0 fully saturated rings. The fraction of sp³-hybridized carbons (Fsp3) is 0.400. The van der Waals surface area contributed by atoms with E-state index in [4.69, 9.17) is 11.6 Å². The van der Waals surface area contributed by atoms with Crippen molar-refractivity contribution in [3.63, 3.8) is 0 Å². The molecule has 0 spiro atoms. The predicted octanol–water partition coefficient (Wildman–Crippen LogP) is 1.90. The van der Waals surface area contributed by atoms with Gasteiger partial charge < -0.3 is 15.3 Å². The highest BCUT2D eigenvalue weighted by molar-refractivity contribution is 7.80. The van der Waals surface area contributed by atoms with Gasteiger partial charge in [0.15, 0.2) is 11.6 Å². The average molecular weight is 267 g/mol. The van der Waals surface area contributed by atoms with Gasteiger partial charge in [-0.3, -0.25) is 0 Å². The van der Waals surface area contributed by atoms with Crippen LogP contribution >= 0.6 is 24.2 Å². The summed E-state index contributed by atoms with van der Waals surface area (Å²) < 4.78 is 13.1. The van der Waals surface area contributed by atoms with Crippen LogP contribution < -0.4 is 0 Å². The second-order valence-electron chi connectivity index (χ2n) is 3.35. The summed E-state index contributed by atoms with van der Waals surface area (Å²) in [5, 5.41) is 28.6. The van der Waals surface area contributed by atoms with E-state index in [0.717, 1.165) is 6.07 Å². The summed E-state index contributed by atoms with van der Waals surface area (Å²) in [5.74, 6) is -1.27. The number of aliphatic hydroxyl groups is 2. The van der Waals surface area contributed by atoms with E-state index in [9.17, 15) is 19.7 Å². The van der Waals surface area contributed by atoms with Gasteiger partial charge in [-0.05, 0) is 24.3 Å². The molecule has 0 amide bonds. The van der Waals surface area contributed by atoms with Crippen molar-refractivity contribution in [1.29, 1.82) is 0 Å². The van der Waals surface area contributed by atoms with Crippen molar-refractivity contribution in [2.75, 3.05) is 5.75 Å². The van der Waals surface area contributed by atoms with Crippen molar-refractivity contribution in [3.05, 3.63) is 28.5 Å². The highest BCUT2D eigenvalue weighted by Crippen LogP contribution is 2.32. The quantitative estimate of drug-likeness (QED) is 0.630. The molecule has 0 aromatic heterocycles. The standard InChI is InChI=1S/C10H12ClFO3S/c11-5-3-6(9(14)7(12)4-5)10(15)8(13)1-2-16/h3-4,8,10,13-16H,1-2H2. The van der Waals surface area contributed by atoms with Crippen molar-refractivity contribution < 1.29 is 19.7 Å². The van der Waals surface area contributed by atoms with E-state index in [1.807, 2.05) is 0 Å². The normalized spacial score (nSPS) is 14.8. The monoisotopic (exact) mass is 266 g/mol. The molecule has 90 valence electrons. The maximum Gasteiger partial charge on any atom is 0.166 e. The number of hydrogen-bond acceptors (Lipinski definition) is 4. The molecule has 3 N–H and O–H groups in total. The molecular formula is C10H12ClFO3S. The van der Waals surface area contributed by atoms with Crippen molar-refractivity contribution in [2.24, 2.45) is 0 Å². The summed E-state index contributed by atoms with van der Waals surface area (Å²) in [6.07, 6.45) is -2.29. The number of rotatable bonds is 4. The highest BCUT2D eigenvalue weighted by atomic mass is 35.5. The third kappa shape index (κ3) is 3.01.